The van der Waals surface area contributed by atoms with E-state index < -0.39 is 35.5 Å². The predicted octanol–water partition coefficient (Wildman–Crippen LogP) is 5.76. The molecule has 0 amide bonds. The number of alkyl halides is 5. The number of benzene rings is 2. The van der Waals surface area contributed by atoms with Gasteiger partial charge in [0, 0.05) is 36.8 Å². The molecule has 1 atom stereocenters. The van der Waals surface area contributed by atoms with Crippen molar-refractivity contribution in [3.63, 3.8) is 0 Å². The highest BCUT2D eigenvalue weighted by atomic mass is 19.4. The first-order valence-corrected chi connectivity index (χ1v) is 12.1. The van der Waals surface area contributed by atoms with E-state index >= 15 is 0 Å². The highest BCUT2D eigenvalue weighted by Crippen LogP contribution is 2.59. The van der Waals surface area contributed by atoms with Crippen LogP contribution in [-0.4, -0.2) is 37.1 Å². The molecule has 2 aliphatic rings. The summed E-state index contributed by atoms with van der Waals surface area (Å²) in [4.78, 5) is 38.1. The normalized spacial score (nSPS) is 18.3. The fraction of sp³-hybridized carbons (Fsp3) is 0.370. The zero-order valence-electron chi connectivity index (χ0n) is 20.8. The van der Waals surface area contributed by atoms with Gasteiger partial charge in [0.15, 0.2) is 11.3 Å². The van der Waals surface area contributed by atoms with Crippen LogP contribution < -0.4 is 15.6 Å². The van der Waals surface area contributed by atoms with Crippen LogP contribution in [0.25, 0.3) is 11.0 Å². The van der Waals surface area contributed by atoms with Crippen molar-refractivity contribution in [2.24, 2.45) is 5.41 Å². The lowest BCUT2D eigenvalue weighted by Crippen LogP contribution is -2.70. The molecular weight excluding hydrogens is 527 g/mol. The Kier molecular flexibility index (Phi) is 6.19. The molecule has 1 unspecified atom stereocenters. The van der Waals surface area contributed by atoms with Crippen molar-refractivity contribution >= 4 is 34.5 Å². The van der Waals surface area contributed by atoms with E-state index in [-0.39, 0.29) is 53.0 Å². The van der Waals surface area contributed by atoms with Crippen LogP contribution in [0.4, 0.5) is 33.5 Å². The van der Waals surface area contributed by atoms with Crippen molar-refractivity contribution in [3.8, 4) is 0 Å². The van der Waals surface area contributed by atoms with Crippen molar-refractivity contribution in [1.82, 2.24) is 0 Å². The van der Waals surface area contributed by atoms with E-state index in [4.69, 9.17) is 4.42 Å². The second kappa shape index (κ2) is 9.06. The average molecular weight is 550 g/mol. The molecule has 0 radical (unpaired) electrons. The summed E-state index contributed by atoms with van der Waals surface area (Å²) < 4.78 is 75.9. The van der Waals surface area contributed by atoms with Crippen molar-refractivity contribution in [3.05, 3.63) is 69.4 Å². The number of hydrogen-bond donors (Lipinski definition) is 1. The Balaban J connectivity index is 1.45. The van der Waals surface area contributed by atoms with Crippen molar-refractivity contribution < 1.29 is 40.7 Å². The molecule has 1 saturated heterocycles. The maximum absolute atomic E-state index is 14.1. The van der Waals surface area contributed by atoms with E-state index in [1.165, 1.54) is 30.3 Å². The lowest BCUT2D eigenvalue weighted by Gasteiger charge is -2.59. The monoisotopic (exact) mass is 550 g/mol. The molecule has 1 aromatic heterocycles. The molecular formula is C27H23F5N2O5. The molecule has 5 rings (SSSR count). The van der Waals surface area contributed by atoms with Crippen molar-refractivity contribution in [2.45, 2.75) is 44.8 Å². The number of para-hydroxylation sites is 1. The quantitative estimate of drug-likeness (QED) is 0.246. The van der Waals surface area contributed by atoms with Crippen LogP contribution in [0.5, 0.6) is 0 Å². The summed E-state index contributed by atoms with van der Waals surface area (Å²) in [5, 5.41) is 3.27. The third-order valence-electron chi connectivity index (χ3n) is 7.38. The van der Waals surface area contributed by atoms with E-state index in [0.717, 1.165) is 0 Å². The largest absolute Gasteiger partial charge is 0.491 e. The summed E-state index contributed by atoms with van der Waals surface area (Å²) in [6.07, 6.45) is -5.10. The van der Waals surface area contributed by atoms with Gasteiger partial charge in [-0.15, -0.1) is 0 Å². The lowest BCUT2D eigenvalue weighted by atomic mass is 9.60. The number of ether oxygens (including phenoxy) is 1. The first-order chi connectivity index (χ1) is 18.2. The topological polar surface area (TPSA) is 88.8 Å². The summed E-state index contributed by atoms with van der Waals surface area (Å²) in [7, 11) is 0. The zero-order valence-corrected chi connectivity index (χ0v) is 20.8. The fourth-order valence-electron chi connectivity index (χ4n) is 5.09. The minimum atomic E-state index is -5.34. The van der Waals surface area contributed by atoms with Gasteiger partial charge in [-0.1, -0.05) is 18.2 Å². The Morgan fingerprint density at radius 2 is 1.79 bits per heavy atom. The summed E-state index contributed by atoms with van der Waals surface area (Å²) in [6.45, 7) is 3.57. The van der Waals surface area contributed by atoms with Gasteiger partial charge in [0.05, 0.1) is 22.4 Å². The molecule has 1 spiro atoms. The second-order valence-electron chi connectivity index (χ2n) is 10.1. The van der Waals surface area contributed by atoms with Gasteiger partial charge in [-0.25, -0.2) is 18.4 Å². The molecule has 0 bridgehead atoms. The molecule has 39 heavy (non-hydrogen) atoms. The van der Waals surface area contributed by atoms with Crippen LogP contribution in [-0.2, 0) is 9.53 Å². The highest BCUT2D eigenvalue weighted by Gasteiger charge is 2.67. The van der Waals surface area contributed by atoms with Crippen LogP contribution in [0.2, 0.25) is 0 Å². The van der Waals surface area contributed by atoms with Gasteiger partial charge in [0.2, 0.25) is 0 Å². The molecule has 7 nitrogen and oxygen atoms in total. The number of halogens is 5. The van der Waals surface area contributed by atoms with Gasteiger partial charge in [-0.3, -0.25) is 4.79 Å². The molecule has 1 aliphatic carbocycles. The van der Waals surface area contributed by atoms with Gasteiger partial charge >= 0.3 is 18.1 Å². The predicted molar refractivity (Wildman–Crippen MR) is 131 cm³/mol. The van der Waals surface area contributed by atoms with E-state index in [9.17, 15) is 36.3 Å². The summed E-state index contributed by atoms with van der Waals surface area (Å²) >= 11 is 0. The minimum absolute atomic E-state index is 0.0651. The molecule has 2 aromatic carbocycles. The van der Waals surface area contributed by atoms with Gasteiger partial charge in [0.1, 0.15) is 5.58 Å². The maximum Gasteiger partial charge on any atom is 0.491 e. The Hall–Kier alpha value is -3.96. The zero-order chi connectivity index (χ0) is 28.3. The summed E-state index contributed by atoms with van der Waals surface area (Å²) in [5.74, 6) is -6.72. The van der Waals surface area contributed by atoms with E-state index in [1.807, 2.05) is 0 Å². The van der Waals surface area contributed by atoms with E-state index in [0.29, 0.717) is 17.5 Å². The van der Waals surface area contributed by atoms with E-state index in [1.54, 1.807) is 30.9 Å². The number of aryl methyl sites for hydroxylation is 1. The Bertz CT molecular complexity index is 1540. The van der Waals surface area contributed by atoms with Crippen LogP contribution >= 0.6 is 0 Å². The Morgan fingerprint density at radius 3 is 2.41 bits per heavy atom. The third-order valence-corrected chi connectivity index (χ3v) is 7.38. The number of carbonyl (C=O) groups excluding carboxylic acids is 2. The first kappa shape index (κ1) is 26.6. The number of nitrogens with zero attached hydrogens (tertiary/aromatic N) is 1. The van der Waals surface area contributed by atoms with Crippen molar-refractivity contribution in [2.75, 3.05) is 23.3 Å². The molecule has 12 heteroatoms. The van der Waals surface area contributed by atoms with Gasteiger partial charge in [0.25, 0.3) is 5.92 Å². The second-order valence-corrected chi connectivity index (χ2v) is 10.1. The van der Waals surface area contributed by atoms with Crippen LogP contribution in [0.3, 0.4) is 0 Å². The number of fused-ring (bicyclic) bond motifs is 1. The SMILES string of the molecule is Cc1cc(C(C)Nc2ccccc2C(=O)OC(=O)C(F)(F)F)c2oc(N3CC4(CCC4(F)F)C3)cc(=O)c2c1. The summed E-state index contributed by atoms with van der Waals surface area (Å²) in [5.41, 5.74) is -0.286. The molecule has 206 valence electrons. The van der Waals surface area contributed by atoms with Gasteiger partial charge in [-0.2, -0.15) is 13.2 Å². The molecule has 3 aromatic rings. The van der Waals surface area contributed by atoms with E-state index in [2.05, 4.69) is 10.1 Å². The molecule has 1 saturated carbocycles. The fourth-order valence-corrected chi connectivity index (χ4v) is 5.09. The lowest BCUT2D eigenvalue weighted by molar-refractivity contribution is -0.213. The number of hydrogen-bond acceptors (Lipinski definition) is 7. The molecule has 1 aliphatic heterocycles. The highest BCUT2D eigenvalue weighted by molar-refractivity contribution is 6.02. The number of nitrogens with one attached hydrogen (secondary N) is 1. The number of rotatable bonds is 5. The maximum atomic E-state index is 14.1. The molecule has 2 heterocycles. The number of carbonyl (C=O) groups is 2. The minimum Gasteiger partial charge on any atom is -0.440 e. The molecule has 2 fully saturated rings. The van der Waals surface area contributed by atoms with Gasteiger partial charge in [-0.05, 0) is 44.0 Å². The Labute approximate surface area is 218 Å². The standard InChI is InChI=1S/C27H23F5N2O5/c1-14-9-17(15(2)33-19-6-4-3-5-16(19)23(36)39-24(37)27(30,31)32)22-18(10-14)20(35)11-21(38-22)34-12-25(13-34)7-8-26(25,28)29/h3-6,9-11,15,33H,7-8,12-13H2,1-2H3. The number of anilines is 2. The van der Waals surface area contributed by atoms with Crippen LogP contribution in [0.1, 0.15) is 47.3 Å². The average Bonchev–Trinajstić information content (AvgIpc) is 2.82. The van der Waals surface area contributed by atoms with Crippen molar-refractivity contribution in [1.29, 1.82) is 0 Å². The third kappa shape index (κ3) is 4.61. The Morgan fingerprint density at radius 1 is 1.10 bits per heavy atom. The smallest absolute Gasteiger partial charge is 0.440 e. The summed E-state index contributed by atoms with van der Waals surface area (Å²) in [6, 6.07) is 9.52. The number of esters is 2. The van der Waals surface area contributed by atoms with Crippen LogP contribution in [0, 0.1) is 12.3 Å². The van der Waals surface area contributed by atoms with Crippen LogP contribution in [0.15, 0.2) is 51.7 Å². The first-order valence-electron chi connectivity index (χ1n) is 12.1. The van der Waals surface area contributed by atoms with Gasteiger partial charge < -0.3 is 19.4 Å². The molecule has 1 N–H and O–H groups in total.